The third-order valence-electron chi connectivity index (χ3n) is 3.84. The van der Waals surface area contributed by atoms with Gasteiger partial charge >= 0.3 is 0 Å². The van der Waals surface area contributed by atoms with E-state index in [1.165, 1.54) is 0 Å². The molecule has 1 aliphatic rings. The number of carbonyl (C=O) groups is 1. The van der Waals surface area contributed by atoms with E-state index in [2.05, 4.69) is 24.5 Å². The number of hydrogen-bond acceptors (Lipinski definition) is 5. The van der Waals surface area contributed by atoms with Gasteiger partial charge in [-0.2, -0.15) is 0 Å². The normalized spacial score (nSPS) is 18.2. The Morgan fingerprint density at radius 1 is 1.36 bits per heavy atom. The van der Waals surface area contributed by atoms with Crippen LogP contribution in [0.4, 0.5) is 0 Å². The van der Waals surface area contributed by atoms with Crippen molar-refractivity contribution in [3.63, 3.8) is 0 Å². The minimum absolute atomic E-state index is 0. The van der Waals surface area contributed by atoms with Crippen molar-refractivity contribution in [3.05, 3.63) is 23.8 Å². The molecule has 142 valence electrons. The van der Waals surface area contributed by atoms with Crippen LogP contribution in [0.1, 0.15) is 32.4 Å². The van der Waals surface area contributed by atoms with Gasteiger partial charge in [0.05, 0.1) is 26.4 Å². The number of methoxy groups -OCH3 is 1. The highest BCUT2D eigenvalue weighted by Gasteiger charge is 2.23. The Kier molecular flexibility index (Phi) is 9.03. The first-order chi connectivity index (χ1) is 11.5. The van der Waals surface area contributed by atoms with Crippen LogP contribution in [-0.4, -0.2) is 45.4 Å². The molecule has 1 heterocycles. The molecule has 1 aromatic rings. The van der Waals surface area contributed by atoms with Gasteiger partial charge in [0, 0.05) is 13.1 Å². The van der Waals surface area contributed by atoms with Crippen LogP contribution in [0.2, 0.25) is 0 Å². The van der Waals surface area contributed by atoms with Crippen molar-refractivity contribution in [2.45, 2.75) is 32.9 Å². The van der Waals surface area contributed by atoms with E-state index in [4.69, 9.17) is 14.2 Å². The standard InChI is InChI=1S/C18H28N2O4.ClH/c1-12(2)11-24-15-6-5-14(9-16(15)22-4)13(3)20-18(21)17-10-19-7-8-23-17;/h5-6,9,12-13,17,19H,7-8,10-11H2,1-4H3,(H,20,21);1H. The molecule has 6 nitrogen and oxygen atoms in total. The first kappa shape index (κ1) is 21.5. The zero-order chi connectivity index (χ0) is 17.5. The van der Waals surface area contributed by atoms with Gasteiger partial charge < -0.3 is 24.8 Å². The Labute approximate surface area is 156 Å². The van der Waals surface area contributed by atoms with E-state index < -0.39 is 6.10 Å². The van der Waals surface area contributed by atoms with Crippen molar-refractivity contribution in [2.24, 2.45) is 5.92 Å². The van der Waals surface area contributed by atoms with Crippen LogP contribution < -0.4 is 20.1 Å². The van der Waals surface area contributed by atoms with Crippen molar-refractivity contribution >= 4 is 18.3 Å². The number of carbonyl (C=O) groups excluding carboxylic acids is 1. The summed E-state index contributed by atoms with van der Waals surface area (Å²) >= 11 is 0. The lowest BCUT2D eigenvalue weighted by Gasteiger charge is -2.25. The number of ether oxygens (including phenoxy) is 3. The third-order valence-corrected chi connectivity index (χ3v) is 3.84. The molecule has 1 amide bonds. The van der Waals surface area contributed by atoms with E-state index in [-0.39, 0.29) is 24.4 Å². The van der Waals surface area contributed by atoms with Crippen molar-refractivity contribution in [1.82, 2.24) is 10.6 Å². The molecule has 1 aliphatic heterocycles. The van der Waals surface area contributed by atoms with Crippen LogP contribution in [0.15, 0.2) is 18.2 Å². The molecule has 0 spiro atoms. The lowest BCUT2D eigenvalue weighted by molar-refractivity contribution is -0.134. The second-order valence-corrected chi connectivity index (χ2v) is 6.41. The van der Waals surface area contributed by atoms with Gasteiger partial charge in [0.15, 0.2) is 11.5 Å². The van der Waals surface area contributed by atoms with Crippen LogP contribution in [0.3, 0.4) is 0 Å². The van der Waals surface area contributed by atoms with Gasteiger partial charge in [-0.1, -0.05) is 19.9 Å². The fourth-order valence-corrected chi connectivity index (χ4v) is 2.45. The van der Waals surface area contributed by atoms with Gasteiger partial charge in [-0.25, -0.2) is 0 Å². The highest BCUT2D eigenvalue weighted by molar-refractivity contribution is 5.85. The Bertz CT molecular complexity index is 548. The van der Waals surface area contributed by atoms with Crippen molar-refractivity contribution in [2.75, 3.05) is 33.4 Å². The summed E-state index contributed by atoms with van der Waals surface area (Å²) in [6, 6.07) is 5.60. The van der Waals surface area contributed by atoms with Gasteiger partial charge in [0.2, 0.25) is 0 Å². The van der Waals surface area contributed by atoms with Crippen LogP contribution >= 0.6 is 12.4 Å². The summed E-state index contributed by atoms with van der Waals surface area (Å²) in [4.78, 5) is 12.2. The molecule has 1 saturated heterocycles. The average molecular weight is 373 g/mol. The molecule has 25 heavy (non-hydrogen) atoms. The van der Waals surface area contributed by atoms with E-state index >= 15 is 0 Å². The lowest BCUT2D eigenvalue weighted by Crippen LogP contribution is -2.48. The molecule has 1 fully saturated rings. The Balaban J connectivity index is 0.00000312. The number of rotatable bonds is 7. The summed E-state index contributed by atoms with van der Waals surface area (Å²) in [5.41, 5.74) is 0.959. The summed E-state index contributed by atoms with van der Waals surface area (Å²) in [5, 5.41) is 6.14. The number of hydrogen-bond donors (Lipinski definition) is 2. The molecule has 0 saturated carbocycles. The summed E-state index contributed by atoms with van der Waals surface area (Å²) in [5.74, 6) is 1.73. The Hall–Kier alpha value is -1.50. The predicted molar refractivity (Wildman–Crippen MR) is 99.7 cm³/mol. The van der Waals surface area contributed by atoms with Gasteiger partial charge in [-0.3, -0.25) is 4.79 Å². The summed E-state index contributed by atoms with van der Waals surface area (Å²) in [6.45, 7) is 8.66. The van der Waals surface area contributed by atoms with E-state index in [1.807, 2.05) is 25.1 Å². The predicted octanol–water partition coefficient (Wildman–Crippen LogP) is 2.32. The molecule has 7 heteroatoms. The molecule has 0 bridgehead atoms. The minimum Gasteiger partial charge on any atom is -0.493 e. The molecular weight excluding hydrogens is 344 g/mol. The van der Waals surface area contributed by atoms with Crippen molar-refractivity contribution < 1.29 is 19.0 Å². The smallest absolute Gasteiger partial charge is 0.250 e. The summed E-state index contributed by atoms with van der Waals surface area (Å²) in [7, 11) is 1.62. The maximum atomic E-state index is 12.2. The van der Waals surface area contributed by atoms with Gasteiger partial charge in [0.1, 0.15) is 6.10 Å². The number of morpholine rings is 1. The largest absolute Gasteiger partial charge is 0.493 e. The molecule has 2 rings (SSSR count). The fraction of sp³-hybridized carbons (Fsp3) is 0.611. The van der Waals surface area contributed by atoms with Gasteiger partial charge in [-0.15, -0.1) is 12.4 Å². The molecule has 1 aromatic carbocycles. The fourth-order valence-electron chi connectivity index (χ4n) is 2.45. The number of amides is 1. The van der Waals surface area contributed by atoms with Crippen LogP contribution in [0.25, 0.3) is 0 Å². The maximum absolute atomic E-state index is 12.2. The van der Waals surface area contributed by atoms with Crippen LogP contribution in [0.5, 0.6) is 11.5 Å². The summed E-state index contributed by atoms with van der Waals surface area (Å²) in [6.07, 6.45) is -0.434. The maximum Gasteiger partial charge on any atom is 0.250 e. The van der Waals surface area contributed by atoms with Crippen LogP contribution in [0, 0.1) is 5.92 Å². The molecular formula is C18H29ClN2O4. The molecule has 2 atom stereocenters. The highest BCUT2D eigenvalue weighted by Crippen LogP contribution is 2.30. The number of nitrogens with one attached hydrogen (secondary N) is 2. The highest BCUT2D eigenvalue weighted by atomic mass is 35.5. The van der Waals surface area contributed by atoms with Gasteiger partial charge in [-0.05, 0) is 30.5 Å². The lowest BCUT2D eigenvalue weighted by atomic mass is 10.1. The SMILES string of the molecule is COc1cc(C(C)NC(=O)C2CNCCO2)ccc1OCC(C)C.Cl. The van der Waals surface area contributed by atoms with Crippen molar-refractivity contribution in [3.8, 4) is 11.5 Å². The molecule has 0 radical (unpaired) electrons. The molecule has 2 unspecified atom stereocenters. The van der Waals surface area contributed by atoms with E-state index in [0.717, 1.165) is 12.1 Å². The van der Waals surface area contributed by atoms with E-state index in [1.54, 1.807) is 7.11 Å². The first-order valence-corrected chi connectivity index (χ1v) is 8.44. The second kappa shape index (κ2) is 10.5. The molecule has 0 aliphatic carbocycles. The quantitative estimate of drug-likeness (QED) is 0.768. The second-order valence-electron chi connectivity index (χ2n) is 6.41. The van der Waals surface area contributed by atoms with Crippen LogP contribution in [-0.2, 0) is 9.53 Å². The Morgan fingerprint density at radius 2 is 2.12 bits per heavy atom. The number of benzene rings is 1. The molecule has 2 N–H and O–H groups in total. The topological polar surface area (TPSA) is 68.8 Å². The third kappa shape index (κ3) is 6.38. The van der Waals surface area contributed by atoms with Crippen molar-refractivity contribution in [1.29, 1.82) is 0 Å². The average Bonchev–Trinajstić information content (AvgIpc) is 2.60. The molecule has 0 aromatic heterocycles. The Morgan fingerprint density at radius 3 is 2.72 bits per heavy atom. The minimum atomic E-state index is -0.434. The number of halogens is 1. The van der Waals surface area contributed by atoms with E-state index in [0.29, 0.717) is 37.2 Å². The van der Waals surface area contributed by atoms with E-state index in [9.17, 15) is 4.79 Å². The zero-order valence-electron chi connectivity index (χ0n) is 15.3. The monoisotopic (exact) mass is 372 g/mol. The first-order valence-electron chi connectivity index (χ1n) is 8.44. The zero-order valence-corrected chi connectivity index (χ0v) is 16.2. The summed E-state index contributed by atoms with van der Waals surface area (Å²) < 4.78 is 16.7. The van der Waals surface area contributed by atoms with Gasteiger partial charge in [0.25, 0.3) is 5.91 Å².